The van der Waals surface area contributed by atoms with Crippen LogP contribution in [0.25, 0.3) is 16.7 Å². The summed E-state index contributed by atoms with van der Waals surface area (Å²) in [7, 11) is 0. The molecule has 0 amide bonds. The van der Waals surface area contributed by atoms with E-state index in [0.717, 1.165) is 17.5 Å². The van der Waals surface area contributed by atoms with E-state index in [4.69, 9.17) is 26.1 Å². The third-order valence-corrected chi connectivity index (χ3v) is 6.39. The lowest BCUT2D eigenvalue weighted by Crippen LogP contribution is -2.22. The molecule has 0 saturated heterocycles. The first kappa shape index (κ1) is 20.8. The van der Waals surface area contributed by atoms with Crippen molar-refractivity contribution in [2.75, 3.05) is 13.2 Å². The number of thioether (sulfide) groups is 1. The van der Waals surface area contributed by atoms with Crippen LogP contribution in [0.4, 0.5) is 0 Å². The van der Waals surface area contributed by atoms with Gasteiger partial charge in [0.2, 0.25) is 0 Å². The minimum atomic E-state index is -0.147. The third kappa shape index (κ3) is 4.06. The van der Waals surface area contributed by atoms with Gasteiger partial charge in [-0.25, -0.2) is 14.5 Å². The molecule has 8 heteroatoms. The zero-order valence-electron chi connectivity index (χ0n) is 17.4. The van der Waals surface area contributed by atoms with Crippen molar-refractivity contribution in [2.45, 2.75) is 24.3 Å². The SMILES string of the molecule is Cc1ccc(-n2c(SCc3cc(Cl)c4c(c3)OCCCO4)nc3ccccc3c2=O)nc1. The highest BCUT2D eigenvalue weighted by molar-refractivity contribution is 7.98. The first-order valence-electron chi connectivity index (χ1n) is 10.3. The molecule has 0 N–H and O–H groups in total. The average molecular weight is 466 g/mol. The molecule has 162 valence electrons. The Kier molecular flexibility index (Phi) is 5.76. The summed E-state index contributed by atoms with van der Waals surface area (Å²) in [5.74, 6) is 2.32. The lowest BCUT2D eigenvalue weighted by molar-refractivity contribution is 0.297. The van der Waals surface area contributed by atoms with Crippen molar-refractivity contribution in [3.63, 3.8) is 0 Å². The lowest BCUT2D eigenvalue weighted by atomic mass is 10.2. The Balaban J connectivity index is 1.55. The number of hydrogen-bond donors (Lipinski definition) is 0. The quantitative estimate of drug-likeness (QED) is 0.305. The van der Waals surface area contributed by atoms with E-state index in [2.05, 4.69) is 4.98 Å². The van der Waals surface area contributed by atoms with Crippen molar-refractivity contribution >= 4 is 34.3 Å². The standard InChI is InChI=1S/C24H20ClN3O3S/c1-15-7-8-21(26-13-15)28-23(29)17-5-2-3-6-19(17)27-24(28)32-14-16-11-18(25)22-20(12-16)30-9-4-10-31-22/h2-3,5-8,11-13H,4,9-10,14H2,1H3. The molecule has 3 heterocycles. The summed E-state index contributed by atoms with van der Waals surface area (Å²) in [5, 5.41) is 1.63. The van der Waals surface area contributed by atoms with Crippen LogP contribution in [0.2, 0.25) is 5.02 Å². The second-order valence-corrected chi connectivity index (χ2v) is 8.84. The maximum Gasteiger partial charge on any atom is 0.267 e. The molecule has 32 heavy (non-hydrogen) atoms. The van der Waals surface area contributed by atoms with Gasteiger partial charge in [0.05, 0.1) is 29.1 Å². The maximum atomic E-state index is 13.3. The average Bonchev–Trinajstić information content (AvgIpc) is 3.05. The summed E-state index contributed by atoms with van der Waals surface area (Å²) in [6.45, 7) is 3.13. The molecule has 6 nitrogen and oxygen atoms in total. The Labute approximate surface area is 194 Å². The van der Waals surface area contributed by atoms with Gasteiger partial charge < -0.3 is 9.47 Å². The van der Waals surface area contributed by atoms with E-state index < -0.39 is 0 Å². The second-order valence-electron chi connectivity index (χ2n) is 7.49. The number of rotatable bonds is 4. The van der Waals surface area contributed by atoms with Gasteiger partial charge in [-0.2, -0.15) is 0 Å². The number of aromatic nitrogens is 3. The van der Waals surface area contributed by atoms with Crippen molar-refractivity contribution in [2.24, 2.45) is 0 Å². The molecule has 0 unspecified atom stereocenters. The summed E-state index contributed by atoms with van der Waals surface area (Å²) in [6, 6.07) is 14.9. The smallest absolute Gasteiger partial charge is 0.267 e. The van der Waals surface area contributed by atoms with Gasteiger partial charge in [0.25, 0.3) is 5.56 Å². The molecule has 2 aromatic carbocycles. The predicted molar refractivity (Wildman–Crippen MR) is 126 cm³/mol. The Bertz CT molecular complexity index is 1360. The molecule has 0 aliphatic carbocycles. The topological polar surface area (TPSA) is 66.2 Å². The van der Waals surface area contributed by atoms with Gasteiger partial charge in [-0.1, -0.05) is 41.6 Å². The van der Waals surface area contributed by atoms with Gasteiger partial charge in [-0.05, 0) is 48.4 Å². The fraction of sp³-hybridized carbons (Fsp3) is 0.208. The van der Waals surface area contributed by atoms with Gasteiger partial charge >= 0.3 is 0 Å². The van der Waals surface area contributed by atoms with Crippen LogP contribution in [0.1, 0.15) is 17.5 Å². The highest BCUT2D eigenvalue weighted by Crippen LogP contribution is 2.39. The number of ether oxygens (including phenoxy) is 2. The van der Waals surface area contributed by atoms with E-state index in [9.17, 15) is 4.79 Å². The van der Waals surface area contributed by atoms with Crippen molar-refractivity contribution in [1.82, 2.24) is 14.5 Å². The molecule has 0 fully saturated rings. The number of para-hydroxylation sites is 1. The molecule has 0 radical (unpaired) electrons. The molecular formula is C24H20ClN3O3S. The number of pyridine rings is 1. The highest BCUT2D eigenvalue weighted by atomic mass is 35.5. The summed E-state index contributed by atoms with van der Waals surface area (Å²) in [5.41, 5.74) is 2.48. The first-order chi connectivity index (χ1) is 15.6. The molecule has 1 aliphatic heterocycles. The Hall–Kier alpha value is -3.03. The van der Waals surface area contributed by atoms with E-state index in [1.807, 2.05) is 49.4 Å². The van der Waals surface area contributed by atoms with Crippen LogP contribution in [0.5, 0.6) is 11.5 Å². The lowest BCUT2D eigenvalue weighted by Gasteiger charge is -2.14. The predicted octanol–water partition coefficient (Wildman–Crippen LogP) is 5.20. The summed E-state index contributed by atoms with van der Waals surface area (Å²) in [6.07, 6.45) is 2.56. The largest absolute Gasteiger partial charge is 0.489 e. The number of fused-ring (bicyclic) bond motifs is 2. The van der Waals surface area contributed by atoms with Crippen molar-refractivity contribution < 1.29 is 9.47 Å². The summed E-state index contributed by atoms with van der Waals surface area (Å²) in [4.78, 5) is 22.6. The van der Waals surface area contributed by atoms with Crippen LogP contribution >= 0.6 is 23.4 Å². The maximum absolute atomic E-state index is 13.3. The fourth-order valence-corrected chi connectivity index (χ4v) is 4.74. The van der Waals surface area contributed by atoms with Crippen LogP contribution in [-0.2, 0) is 5.75 Å². The van der Waals surface area contributed by atoms with E-state index in [1.165, 1.54) is 11.8 Å². The van der Waals surface area contributed by atoms with Gasteiger partial charge in [0.1, 0.15) is 5.82 Å². The van der Waals surface area contributed by atoms with E-state index in [1.54, 1.807) is 16.8 Å². The zero-order chi connectivity index (χ0) is 22.1. The normalized spacial score (nSPS) is 13.2. The second kappa shape index (κ2) is 8.84. The van der Waals surface area contributed by atoms with Crippen molar-refractivity contribution in [3.05, 3.63) is 81.2 Å². The molecule has 0 bridgehead atoms. The minimum Gasteiger partial charge on any atom is -0.489 e. The first-order valence-corrected chi connectivity index (χ1v) is 11.6. The monoisotopic (exact) mass is 465 g/mol. The van der Waals surface area contributed by atoms with Gasteiger partial charge in [-0.3, -0.25) is 4.79 Å². The number of halogens is 1. The van der Waals surface area contributed by atoms with Crippen LogP contribution in [0, 0.1) is 6.92 Å². The fourth-order valence-electron chi connectivity index (χ4n) is 3.52. The molecule has 0 saturated carbocycles. The number of aryl methyl sites for hydroxylation is 1. The summed E-state index contributed by atoms with van der Waals surface area (Å²) < 4.78 is 13.1. The number of nitrogens with zero attached hydrogens (tertiary/aromatic N) is 3. The molecule has 0 atom stereocenters. The summed E-state index contributed by atoms with van der Waals surface area (Å²) >= 11 is 7.90. The molecule has 2 aromatic heterocycles. The van der Waals surface area contributed by atoms with Crippen molar-refractivity contribution in [1.29, 1.82) is 0 Å². The van der Waals surface area contributed by atoms with E-state index in [-0.39, 0.29) is 5.56 Å². The van der Waals surface area contributed by atoms with Gasteiger partial charge in [0.15, 0.2) is 16.7 Å². The Morgan fingerprint density at radius 1 is 1.12 bits per heavy atom. The van der Waals surface area contributed by atoms with Crippen LogP contribution in [0.3, 0.4) is 0 Å². The van der Waals surface area contributed by atoms with Gasteiger partial charge in [-0.15, -0.1) is 0 Å². The zero-order valence-corrected chi connectivity index (χ0v) is 18.9. The Morgan fingerprint density at radius 3 is 2.81 bits per heavy atom. The number of hydrogen-bond acceptors (Lipinski definition) is 6. The van der Waals surface area contributed by atoms with Crippen LogP contribution in [0.15, 0.2) is 64.7 Å². The highest BCUT2D eigenvalue weighted by Gasteiger charge is 2.18. The minimum absolute atomic E-state index is 0.147. The molecule has 0 spiro atoms. The van der Waals surface area contributed by atoms with Crippen LogP contribution in [-0.4, -0.2) is 27.7 Å². The van der Waals surface area contributed by atoms with E-state index >= 15 is 0 Å². The molecule has 4 aromatic rings. The Morgan fingerprint density at radius 2 is 1.97 bits per heavy atom. The van der Waals surface area contributed by atoms with Crippen LogP contribution < -0.4 is 15.0 Å². The molecule has 1 aliphatic rings. The third-order valence-electron chi connectivity index (χ3n) is 5.10. The molecule has 5 rings (SSSR count). The molecular weight excluding hydrogens is 446 g/mol. The van der Waals surface area contributed by atoms with Crippen molar-refractivity contribution in [3.8, 4) is 17.3 Å². The number of benzene rings is 2. The van der Waals surface area contributed by atoms with Gasteiger partial charge in [0, 0.05) is 18.4 Å². The van der Waals surface area contributed by atoms with E-state index in [0.29, 0.717) is 57.4 Å².